The van der Waals surface area contributed by atoms with Crippen molar-refractivity contribution in [1.29, 1.82) is 0 Å². The molecule has 0 aliphatic rings. The van der Waals surface area contributed by atoms with Gasteiger partial charge in [0.15, 0.2) is 0 Å². The summed E-state index contributed by atoms with van der Waals surface area (Å²) in [6, 6.07) is 48.7. The van der Waals surface area contributed by atoms with Crippen LogP contribution in [-0.2, 0) is 20.1 Å². The van der Waals surface area contributed by atoms with E-state index in [4.69, 9.17) is 22.2 Å². The molecule has 0 bridgehead atoms. The fraction of sp³-hybridized carbons (Fsp3) is 0.158. The first-order chi connectivity index (χ1) is 34.5. The Balaban J connectivity index is 0.000000229. The molecule has 0 atom stereocenters. The maximum atomic E-state index is 8.93. The molecule has 0 aliphatic heterocycles. The predicted octanol–water partition coefficient (Wildman–Crippen LogP) is 15.8. The van der Waals surface area contributed by atoms with Crippen molar-refractivity contribution in [2.75, 3.05) is 0 Å². The molecule has 0 amide bonds. The molecule has 3 heterocycles. The first-order valence-electron chi connectivity index (χ1n) is 26.4. The molecule has 0 saturated heterocycles. The number of aromatic nitrogens is 2. The van der Waals surface area contributed by atoms with Gasteiger partial charge in [0.05, 0.1) is 5.58 Å². The number of hydrogen-bond donors (Lipinski definition) is 0. The van der Waals surface area contributed by atoms with Crippen LogP contribution in [0.2, 0.25) is 0 Å². The summed E-state index contributed by atoms with van der Waals surface area (Å²) in [6.07, 6.45) is 3.63. The molecule has 0 N–H and O–H groups in total. The second-order valence-electron chi connectivity index (χ2n) is 14.7. The molecule has 3 nitrogen and oxygen atoms in total. The Labute approximate surface area is 391 Å². The average molecular weight is 982 g/mol. The fourth-order valence-corrected chi connectivity index (χ4v) is 7.95. The molecule has 0 aliphatic carbocycles. The summed E-state index contributed by atoms with van der Waals surface area (Å²) in [5.74, 6) is -0.961. The summed E-state index contributed by atoms with van der Waals surface area (Å²) < 4.78 is 111. The Morgan fingerprint density at radius 1 is 0.607 bits per heavy atom. The van der Waals surface area contributed by atoms with Gasteiger partial charge in [-0.3, -0.25) is 0 Å². The number of fused-ring (bicyclic) bond motifs is 6. The molecule has 10 aromatic rings. The fourth-order valence-electron chi connectivity index (χ4n) is 7.95. The third-order valence-electron chi connectivity index (χ3n) is 11.1. The number of furan rings is 1. The van der Waals surface area contributed by atoms with Crippen molar-refractivity contribution in [3.63, 3.8) is 0 Å². The van der Waals surface area contributed by atoms with E-state index < -0.39 is 33.3 Å². The number of pyridine rings is 2. The second kappa shape index (κ2) is 17.8. The number of benzene rings is 7. The number of hydrogen-bond acceptors (Lipinski definition) is 3. The minimum absolute atomic E-state index is 0. The Hall–Kier alpha value is -6.19. The van der Waals surface area contributed by atoms with Gasteiger partial charge in [-0.2, -0.15) is 0 Å². The van der Waals surface area contributed by atoms with Gasteiger partial charge in [-0.25, -0.2) is 0 Å². The molecule has 4 heteroatoms. The summed E-state index contributed by atoms with van der Waals surface area (Å²) in [5, 5.41) is 6.22. The third-order valence-corrected chi connectivity index (χ3v) is 11.1. The summed E-state index contributed by atoms with van der Waals surface area (Å²) in [6.45, 7) is -5.79. The molecule has 7 aromatic carbocycles. The molecule has 303 valence electrons. The number of rotatable bonds is 7. The second-order valence-corrected chi connectivity index (χ2v) is 14.7. The first kappa shape index (κ1) is 28.4. The van der Waals surface area contributed by atoms with E-state index in [1.54, 1.807) is 42.5 Å². The predicted molar refractivity (Wildman–Crippen MR) is 252 cm³/mol. The van der Waals surface area contributed by atoms with E-state index in [-0.39, 0.29) is 53.5 Å². The first-order valence-corrected chi connectivity index (χ1v) is 19.9. The van der Waals surface area contributed by atoms with Crippen molar-refractivity contribution in [2.24, 2.45) is 0 Å². The van der Waals surface area contributed by atoms with Crippen LogP contribution in [0, 0.1) is 39.5 Å². The molecule has 10 rings (SSSR count). The van der Waals surface area contributed by atoms with E-state index in [1.807, 2.05) is 62.4 Å². The van der Waals surface area contributed by atoms with Crippen molar-refractivity contribution in [1.82, 2.24) is 9.97 Å². The quantitative estimate of drug-likeness (QED) is 0.118. The van der Waals surface area contributed by atoms with Gasteiger partial charge in [0.25, 0.3) is 0 Å². The van der Waals surface area contributed by atoms with Crippen LogP contribution in [0.1, 0.15) is 78.2 Å². The van der Waals surface area contributed by atoms with Gasteiger partial charge in [0.1, 0.15) is 5.58 Å². The number of aryl methyl sites for hydroxylation is 4. The largest absolute Gasteiger partial charge is 0.501 e. The van der Waals surface area contributed by atoms with Gasteiger partial charge in [0, 0.05) is 55.7 Å². The van der Waals surface area contributed by atoms with E-state index in [9.17, 15) is 0 Å². The normalized spacial score (nSPS) is 15.4. The van der Waals surface area contributed by atoms with E-state index in [0.29, 0.717) is 57.6 Å². The van der Waals surface area contributed by atoms with Crippen LogP contribution in [0.25, 0.3) is 88.3 Å². The van der Waals surface area contributed by atoms with Gasteiger partial charge in [-0.15, -0.1) is 47.5 Å². The Bertz CT molecular complexity index is 3670. The molecule has 0 spiro atoms. The topological polar surface area (TPSA) is 38.9 Å². The van der Waals surface area contributed by atoms with E-state index >= 15 is 0 Å². The van der Waals surface area contributed by atoms with Crippen LogP contribution in [0.4, 0.5) is 0 Å². The van der Waals surface area contributed by atoms with Crippen molar-refractivity contribution in [3.8, 4) is 44.8 Å². The van der Waals surface area contributed by atoms with Crippen molar-refractivity contribution in [2.45, 2.75) is 60.0 Å². The van der Waals surface area contributed by atoms with E-state index in [0.717, 1.165) is 37.9 Å². The van der Waals surface area contributed by atoms with Gasteiger partial charge >= 0.3 is 0 Å². The van der Waals surface area contributed by atoms with Crippen molar-refractivity contribution in [3.05, 3.63) is 192 Å². The van der Waals surface area contributed by atoms with Crippen LogP contribution >= 0.6 is 0 Å². The minimum atomic E-state index is -2.56. The monoisotopic (exact) mass is 982 g/mol. The van der Waals surface area contributed by atoms with Gasteiger partial charge in [-0.1, -0.05) is 140 Å². The summed E-state index contributed by atoms with van der Waals surface area (Å²) in [4.78, 5) is 8.78. The zero-order chi connectivity index (χ0) is 52.3. The standard InChI is InChI=1S/C38H32NO.C19H16N.Ir/c1-5-25(6-2)27-16-17-29(23(3)18-27)33-20-36(39-22-24(33)4)32-13-9-12-31-35-19-28-15-14-26-10-7-8-11-30(26)34(28)21-37(35)40-38(31)32;1-14-8-11-19(20-13-14)17-10-9-15(2)18(12-17)16-6-4-3-5-7-16;/h7-12,14-22,25H,5-6H2,1-4H3;3-9,11-13H,1-2H3;/q2*-1;/i3D3,4D3,25D;1D3,2D3;. The molecule has 0 fully saturated rings. The average Bonchev–Trinajstić information content (AvgIpc) is 3.74. The van der Waals surface area contributed by atoms with Crippen LogP contribution in [0.15, 0.2) is 156 Å². The Morgan fingerprint density at radius 2 is 1.41 bits per heavy atom. The molecule has 0 unspecified atom stereocenters. The smallest absolute Gasteiger partial charge is 0.121 e. The van der Waals surface area contributed by atoms with E-state index in [2.05, 4.69) is 58.5 Å². The van der Waals surface area contributed by atoms with Gasteiger partial charge < -0.3 is 14.4 Å². The van der Waals surface area contributed by atoms with Crippen molar-refractivity contribution >= 4 is 43.5 Å². The molecule has 3 aromatic heterocycles. The minimum Gasteiger partial charge on any atom is -0.501 e. The zero-order valence-electron chi connectivity index (χ0n) is 46.5. The zero-order valence-corrected chi connectivity index (χ0v) is 35.9. The maximum Gasteiger partial charge on any atom is 0.121 e. The van der Waals surface area contributed by atoms with Gasteiger partial charge in [-0.05, 0) is 123 Å². The molecular weight excluding hydrogens is 921 g/mol. The summed E-state index contributed by atoms with van der Waals surface area (Å²) >= 11 is 0. The summed E-state index contributed by atoms with van der Waals surface area (Å²) in [7, 11) is 0. The Morgan fingerprint density at radius 3 is 2.20 bits per heavy atom. The molecule has 0 saturated carbocycles. The van der Waals surface area contributed by atoms with Crippen LogP contribution < -0.4 is 0 Å². The summed E-state index contributed by atoms with van der Waals surface area (Å²) in [5.41, 5.74) is 6.13. The van der Waals surface area contributed by atoms with Crippen molar-refractivity contribution < 1.29 is 42.3 Å². The molecular formula is C57H48IrN2O-2. The maximum absolute atomic E-state index is 8.93. The Kier molecular flexibility index (Phi) is 8.28. The number of nitrogens with zero attached hydrogens (tertiary/aromatic N) is 2. The van der Waals surface area contributed by atoms with Crippen LogP contribution in [0.3, 0.4) is 0 Å². The van der Waals surface area contributed by atoms with E-state index in [1.165, 1.54) is 24.5 Å². The molecule has 61 heavy (non-hydrogen) atoms. The molecule has 1 radical (unpaired) electrons. The van der Waals surface area contributed by atoms with Crippen LogP contribution in [0.5, 0.6) is 0 Å². The van der Waals surface area contributed by atoms with Gasteiger partial charge in [0.2, 0.25) is 0 Å². The SMILES string of the molecule is [2H]C([2H])([2H])c1ccc(-c2[c-]cc(C([2H])([2H])[2H])c(-c3ccccc3)c2)nc1.[2H]C([2H])([2H])c1cnc(-c2[c-]ccc3c2oc2cc4c(ccc5ccccc54)cc23)cc1-c1ccc(C([2H])(CC)CC)cc1C([2H])([2H])[2H].[Ir]. The third kappa shape index (κ3) is 8.19. The van der Waals surface area contributed by atoms with Crippen LogP contribution in [-0.4, -0.2) is 9.97 Å².